The molecule has 1 amide bonds. The number of nitrogens with one attached hydrogen (secondary N) is 1. The van der Waals surface area contributed by atoms with Gasteiger partial charge >= 0.3 is 0 Å². The normalized spacial score (nSPS) is 10.2. The minimum atomic E-state index is -0.0985. The SMILES string of the molecule is CN(CCc1ccccn1)CC(=O)Nc1cccc(C#N)c1. The monoisotopic (exact) mass is 294 g/mol. The minimum absolute atomic E-state index is 0.0985. The Balaban J connectivity index is 1.80. The van der Waals surface area contributed by atoms with Gasteiger partial charge in [-0.3, -0.25) is 14.7 Å². The predicted octanol–water partition coefficient (Wildman–Crippen LogP) is 2.07. The van der Waals surface area contributed by atoms with Crippen LogP contribution in [0.4, 0.5) is 5.69 Å². The molecule has 1 aromatic carbocycles. The summed E-state index contributed by atoms with van der Waals surface area (Å²) < 4.78 is 0. The highest BCUT2D eigenvalue weighted by Gasteiger charge is 2.07. The molecule has 0 bridgehead atoms. The lowest BCUT2D eigenvalue weighted by atomic mass is 10.2. The third-order valence-electron chi connectivity index (χ3n) is 3.16. The van der Waals surface area contributed by atoms with Crippen LogP contribution in [0.15, 0.2) is 48.7 Å². The van der Waals surface area contributed by atoms with Gasteiger partial charge < -0.3 is 5.32 Å². The Morgan fingerprint density at radius 1 is 1.32 bits per heavy atom. The number of carbonyl (C=O) groups excluding carboxylic acids is 1. The van der Waals surface area contributed by atoms with Crippen LogP contribution < -0.4 is 5.32 Å². The van der Waals surface area contributed by atoms with Crippen molar-refractivity contribution in [2.45, 2.75) is 6.42 Å². The molecule has 0 fully saturated rings. The molecule has 0 aliphatic rings. The zero-order valence-corrected chi connectivity index (χ0v) is 12.5. The largest absolute Gasteiger partial charge is 0.325 e. The van der Waals surface area contributed by atoms with Crippen LogP contribution in [-0.4, -0.2) is 35.9 Å². The summed E-state index contributed by atoms with van der Waals surface area (Å²) in [5, 5.41) is 11.6. The number of nitrogens with zero attached hydrogens (tertiary/aromatic N) is 3. The average Bonchev–Trinajstić information content (AvgIpc) is 2.54. The summed E-state index contributed by atoms with van der Waals surface area (Å²) >= 11 is 0. The van der Waals surface area contributed by atoms with Gasteiger partial charge in [0.25, 0.3) is 0 Å². The van der Waals surface area contributed by atoms with Crippen molar-refractivity contribution < 1.29 is 4.79 Å². The molecule has 0 saturated carbocycles. The molecule has 2 aromatic rings. The fourth-order valence-corrected chi connectivity index (χ4v) is 2.04. The lowest BCUT2D eigenvalue weighted by Gasteiger charge is -2.16. The molecule has 5 nitrogen and oxygen atoms in total. The Hall–Kier alpha value is -2.71. The fourth-order valence-electron chi connectivity index (χ4n) is 2.04. The topological polar surface area (TPSA) is 69.0 Å². The van der Waals surface area contributed by atoms with Crippen LogP contribution in [0.2, 0.25) is 0 Å². The zero-order chi connectivity index (χ0) is 15.8. The van der Waals surface area contributed by atoms with Crippen molar-refractivity contribution in [3.63, 3.8) is 0 Å². The first-order valence-electron chi connectivity index (χ1n) is 7.06. The van der Waals surface area contributed by atoms with E-state index in [0.717, 1.165) is 18.7 Å². The molecule has 0 aliphatic heterocycles. The maximum absolute atomic E-state index is 12.0. The molecule has 0 radical (unpaired) electrons. The molecule has 0 spiro atoms. The van der Waals surface area contributed by atoms with Gasteiger partial charge in [-0.1, -0.05) is 12.1 Å². The first-order valence-corrected chi connectivity index (χ1v) is 7.06. The number of hydrogen-bond acceptors (Lipinski definition) is 4. The second-order valence-corrected chi connectivity index (χ2v) is 5.05. The molecule has 2 rings (SSSR count). The lowest BCUT2D eigenvalue weighted by Crippen LogP contribution is -2.31. The second-order valence-electron chi connectivity index (χ2n) is 5.05. The molecule has 0 atom stereocenters. The van der Waals surface area contributed by atoms with E-state index in [0.29, 0.717) is 17.8 Å². The Labute approximate surface area is 130 Å². The van der Waals surface area contributed by atoms with Crippen molar-refractivity contribution in [1.29, 1.82) is 5.26 Å². The summed E-state index contributed by atoms with van der Waals surface area (Å²) in [5.41, 5.74) is 2.18. The molecule has 22 heavy (non-hydrogen) atoms. The molecule has 0 saturated heterocycles. The Morgan fingerprint density at radius 3 is 2.91 bits per heavy atom. The van der Waals surface area contributed by atoms with Crippen molar-refractivity contribution in [1.82, 2.24) is 9.88 Å². The lowest BCUT2D eigenvalue weighted by molar-refractivity contribution is -0.117. The van der Waals surface area contributed by atoms with Gasteiger partial charge in [0.2, 0.25) is 5.91 Å². The predicted molar refractivity (Wildman–Crippen MR) is 85.2 cm³/mol. The van der Waals surface area contributed by atoms with Gasteiger partial charge in [-0.15, -0.1) is 0 Å². The summed E-state index contributed by atoms with van der Waals surface area (Å²) in [5.74, 6) is -0.0985. The van der Waals surface area contributed by atoms with Crippen LogP contribution in [0.25, 0.3) is 0 Å². The van der Waals surface area contributed by atoms with Gasteiger partial charge in [0.05, 0.1) is 18.2 Å². The van der Waals surface area contributed by atoms with Crippen molar-refractivity contribution in [2.24, 2.45) is 0 Å². The molecule has 1 heterocycles. The third kappa shape index (κ3) is 5.00. The van der Waals surface area contributed by atoms with Crippen LogP contribution in [0.3, 0.4) is 0 Å². The quantitative estimate of drug-likeness (QED) is 0.885. The van der Waals surface area contributed by atoms with Crippen molar-refractivity contribution >= 4 is 11.6 Å². The van der Waals surface area contributed by atoms with Crippen molar-refractivity contribution in [2.75, 3.05) is 25.5 Å². The van der Waals surface area contributed by atoms with Crippen LogP contribution in [0.1, 0.15) is 11.3 Å². The van der Waals surface area contributed by atoms with E-state index in [4.69, 9.17) is 5.26 Å². The first-order chi connectivity index (χ1) is 10.7. The summed E-state index contributed by atoms with van der Waals surface area (Å²) in [6.07, 6.45) is 2.57. The van der Waals surface area contributed by atoms with Crippen LogP contribution >= 0.6 is 0 Å². The van der Waals surface area contributed by atoms with Crippen LogP contribution in [0.5, 0.6) is 0 Å². The number of hydrogen-bond donors (Lipinski definition) is 1. The van der Waals surface area contributed by atoms with Crippen molar-refractivity contribution in [3.8, 4) is 6.07 Å². The summed E-state index contributed by atoms with van der Waals surface area (Å²) in [6, 6.07) is 14.7. The highest BCUT2D eigenvalue weighted by Crippen LogP contribution is 2.09. The van der Waals surface area contributed by atoms with Crippen LogP contribution in [-0.2, 0) is 11.2 Å². The van der Waals surface area contributed by atoms with Gasteiger partial charge in [-0.2, -0.15) is 5.26 Å². The van der Waals surface area contributed by atoms with Gasteiger partial charge in [-0.25, -0.2) is 0 Å². The molecule has 1 aromatic heterocycles. The highest BCUT2D eigenvalue weighted by atomic mass is 16.2. The summed E-state index contributed by atoms with van der Waals surface area (Å²) in [4.78, 5) is 18.2. The third-order valence-corrected chi connectivity index (χ3v) is 3.16. The number of aromatic nitrogens is 1. The van der Waals surface area contributed by atoms with Gasteiger partial charge in [0.15, 0.2) is 0 Å². The maximum Gasteiger partial charge on any atom is 0.238 e. The van der Waals surface area contributed by atoms with E-state index >= 15 is 0 Å². The number of pyridine rings is 1. The van der Waals surface area contributed by atoms with E-state index in [-0.39, 0.29) is 5.91 Å². The van der Waals surface area contributed by atoms with Gasteiger partial charge in [-0.05, 0) is 37.4 Å². The maximum atomic E-state index is 12.0. The molecular formula is C17H18N4O. The summed E-state index contributed by atoms with van der Waals surface area (Å²) in [6.45, 7) is 1.05. The number of amides is 1. The van der Waals surface area contributed by atoms with E-state index in [1.807, 2.05) is 30.1 Å². The number of likely N-dealkylation sites (N-methyl/N-ethyl adjacent to an activating group) is 1. The number of anilines is 1. The van der Waals surface area contributed by atoms with Gasteiger partial charge in [0.1, 0.15) is 0 Å². The Bertz CT molecular complexity index is 664. The van der Waals surface area contributed by atoms with Crippen molar-refractivity contribution in [3.05, 3.63) is 59.9 Å². The zero-order valence-electron chi connectivity index (χ0n) is 12.5. The van der Waals surface area contributed by atoms with Gasteiger partial charge in [0, 0.05) is 30.5 Å². The molecular weight excluding hydrogens is 276 g/mol. The molecule has 112 valence electrons. The van der Waals surface area contributed by atoms with E-state index < -0.39 is 0 Å². The van der Waals surface area contributed by atoms with E-state index in [1.165, 1.54) is 0 Å². The first kappa shape index (κ1) is 15.7. The van der Waals surface area contributed by atoms with E-state index in [9.17, 15) is 4.79 Å². The molecule has 1 N–H and O–H groups in total. The van der Waals surface area contributed by atoms with E-state index in [1.54, 1.807) is 30.5 Å². The minimum Gasteiger partial charge on any atom is -0.325 e. The fraction of sp³-hybridized carbons (Fsp3) is 0.235. The van der Waals surface area contributed by atoms with Crippen LogP contribution in [0, 0.1) is 11.3 Å². The van der Waals surface area contributed by atoms with E-state index in [2.05, 4.69) is 16.4 Å². The number of carbonyl (C=O) groups is 1. The Morgan fingerprint density at radius 2 is 2.18 bits per heavy atom. The molecule has 5 heteroatoms. The number of nitriles is 1. The number of rotatable bonds is 6. The standard InChI is InChI=1S/C17H18N4O/c1-21(10-8-15-6-2-3-9-19-15)13-17(22)20-16-7-4-5-14(11-16)12-18/h2-7,9,11H,8,10,13H2,1H3,(H,20,22). The highest BCUT2D eigenvalue weighted by molar-refractivity contribution is 5.92. The average molecular weight is 294 g/mol. The molecule has 0 aliphatic carbocycles. The summed E-state index contributed by atoms with van der Waals surface area (Å²) in [7, 11) is 1.90. The smallest absolute Gasteiger partial charge is 0.238 e. The number of benzene rings is 1. The Kier molecular flexibility index (Phi) is 5.64. The second kappa shape index (κ2) is 7.91. The molecule has 0 unspecified atom stereocenters.